The van der Waals surface area contributed by atoms with Crippen LogP contribution < -0.4 is 4.74 Å². The van der Waals surface area contributed by atoms with Crippen LogP contribution in [0, 0.1) is 15.5 Å². The molecule has 0 aliphatic carbocycles. The van der Waals surface area contributed by atoms with Gasteiger partial charge in [0, 0.05) is 21.3 Å². The highest BCUT2D eigenvalue weighted by Gasteiger charge is 2.21. The summed E-state index contributed by atoms with van der Waals surface area (Å²) in [5.74, 6) is 0.298. The number of nitrogens with zero attached hydrogens (tertiary/aromatic N) is 1. The topological polar surface area (TPSA) is 52.4 Å². The summed E-state index contributed by atoms with van der Waals surface area (Å²) in [6.45, 7) is 4.46. The molecule has 0 N–H and O–H groups in total. The average molecular weight is 367 g/mol. The van der Waals surface area contributed by atoms with E-state index in [-0.39, 0.29) is 11.1 Å². The van der Waals surface area contributed by atoms with Gasteiger partial charge in [-0.3, -0.25) is 10.1 Å². The van der Waals surface area contributed by atoms with Crippen molar-refractivity contribution in [3.05, 3.63) is 32.8 Å². The molecular weight excluding hydrogens is 354 g/mol. The molecule has 1 aromatic carbocycles. The molecule has 6 heteroatoms. The molecule has 0 saturated carbocycles. The standard InChI is InChI=1S/C11H13Br2NO3/c1-11(2,6-12)7-17-10-4-3-8(13)5-9(10)14(15)16/h3-5H,6-7H2,1-2H3. The summed E-state index contributed by atoms with van der Waals surface area (Å²) in [7, 11) is 0. The Labute approximate surface area is 117 Å². The van der Waals surface area contributed by atoms with E-state index in [0.29, 0.717) is 16.8 Å². The lowest BCUT2D eigenvalue weighted by Gasteiger charge is -2.21. The number of halogens is 2. The molecule has 0 atom stereocenters. The van der Waals surface area contributed by atoms with Gasteiger partial charge < -0.3 is 4.74 Å². The van der Waals surface area contributed by atoms with Crippen LogP contribution >= 0.6 is 31.9 Å². The van der Waals surface area contributed by atoms with Crippen molar-refractivity contribution >= 4 is 37.5 Å². The molecule has 0 bridgehead atoms. The van der Waals surface area contributed by atoms with Crippen LogP contribution in [0.4, 0.5) is 5.69 Å². The average Bonchev–Trinajstić information content (AvgIpc) is 2.27. The Bertz CT molecular complexity index is 421. The normalized spacial score (nSPS) is 11.3. The maximum atomic E-state index is 10.9. The molecule has 4 nitrogen and oxygen atoms in total. The number of nitro benzene ring substituents is 1. The van der Waals surface area contributed by atoms with Crippen molar-refractivity contribution in [1.29, 1.82) is 0 Å². The first-order chi connectivity index (χ1) is 7.85. The van der Waals surface area contributed by atoms with E-state index >= 15 is 0 Å². The molecule has 0 aliphatic rings. The SMILES string of the molecule is CC(C)(CBr)COc1ccc(Br)cc1[N+](=O)[O-]. The molecule has 94 valence electrons. The minimum absolute atomic E-state index is 0.0234. The van der Waals surface area contributed by atoms with Crippen LogP contribution in [0.2, 0.25) is 0 Å². The van der Waals surface area contributed by atoms with Gasteiger partial charge in [0.15, 0.2) is 5.75 Å². The number of hydrogen-bond acceptors (Lipinski definition) is 3. The van der Waals surface area contributed by atoms with Gasteiger partial charge in [-0.15, -0.1) is 0 Å². The number of hydrogen-bond donors (Lipinski definition) is 0. The van der Waals surface area contributed by atoms with Gasteiger partial charge >= 0.3 is 5.69 Å². The van der Waals surface area contributed by atoms with Crippen molar-refractivity contribution in [3.63, 3.8) is 0 Å². The summed E-state index contributed by atoms with van der Waals surface area (Å²) in [6.07, 6.45) is 0. The molecule has 0 unspecified atom stereocenters. The molecule has 0 heterocycles. The molecule has 0 radical (unpaired) electrons. The Balaban J connectivity index is 2.88. The first kappa shape index (κ1) is 14.4. The summed E-state index contributed by atoms with van der Waals surface area (Å²) in [4.78, 5) is 10.4. The minimum Gasteiger partial charge on any atom is -0.486 e. The Morgan fingerprint density at radius 3 is 2.65 bits per heavy atom. The summed E-state index contributed by atoms with van der Waals surface area (Å²) < 4.78 is 6.18. The highest BCUT2D eigenvalue weighted by atomic mass is 79.9. The van der Waals surface area contributed by atoms with Gasteiger partial charge in [-0.2, -0.15) is 0 Å². The summed E-state index contributed by atoms with van der Waals surface area (Å²) in [6, 6.07) is 4.77. The number of benzene rings is 1. The van der Waals surface area contributed by atoms with Crippen molar-refractivity contribution in [2.75, 3.05) is 11.9 Å². The van der Waals surface area contributed by atoms with Gasteiger partial charge in [0.25, 0.3) is 0 Å². The Morgan fingerprint density at radius 2 is 2.12 bits per heavy atom. The predicted octanol–water partition coefficient (Wildman–Crippen LogP) is 4.16. The summed E-state index contributed by atoms with van der Waals surface area (Å²) >= 11 is 6.58. The van der Waals surface area contributed by atoms with Crippen molar-refractivity contribution in [3.8, 4) is 5.75 Å². The smallest absolute Gasteiger partial charge is 0.312 e. The van der Waals surface area contributed by atoms with Crippen molar-refractivity contribution in [2.24, 2.45) is 5.41 Å². The second kappa shape index (κ2) is 5.82. The van der Waals surface area contributed by atoms with Gasteiger partial charge in [0.2, 0.25) is 0 Å². The molecule has 0 amide bonds. The van der Waals surface area contributed by atoms with E-state index in [9.17, 15) is 10.1 Å². The third-order valence-electron chi connectivity index (χ3n) is 2.10. The number of rotatable bonds is 5. The maximum Gasteiger partial charge on any atom is 0.312 e. The van der Waals surface area contributed by atoms with Crippen LogP contribution in [-0.4, -0.2) is 16.9 Å². The molecular formula is C11H13Br2NO3. The van der Waals surface area contributed by atoms with E-state index in [0.717, 1.165) is 5.33 Å². The molecule has 17 heavy (non-hydrogen) atoms. The largest absolute Gasteiger partial charge is 0.486 e. The monoisotopic (exact) mass is 365 g/mol. The van der Waals surface area contributed by atoms with Crippen molar-refractivity contribution in [1.82, 2.24) is 0 Å². The number of ether oxygens (including phenoxy) is 1. The lowest BCUT2D eigenvalue weighted by Crippen LogP contribution is -2.23. The Kier molecular flexibility index (Phi) is 4.94. The van der Waals surface area contributed by atoms with Crippen molar-refractivity contribution < 1.29 is 9.66 Å². The van der Waals surface area contributed by atoms with Crippen LogP contribution in [0.25, 0.3) is 0 Å². The lowest BCUT2D eigenvalue weighted by atomic mass is 9.98. The first-order valence-corrected chi connectivity index (χ1v) is 6.90. The number of alkyl halides is 1. The van der Waals surface area contributed by atoms with Gasteiger partial charge in [0.05, 0.1) is 11.5 Å². The van der Waals surface area contributed by atoms with Gasteiger partial charge in [-0.25, -0.2) is 0 Å². The van der Waals surface area contributed by atoms with Gasteiger partial charge in [-0.05, 0) is 12.1 Å². The summed E-state index contributed by atoms with van der Waals surface area (Å²) in [5, 5.41) is 11.6. The lowest BCUT2D eigenvalue weighted by molar-refractivity contribution is -0.386. The first-order valence-electron chi connectivity index (χ1n) is 4.98. The van der Waals surface area contributed by atoms with Crippen LogP contribution in [0.15, 0.2) is 22.7 Å². The van der Waals surface area contributed by atoms with E-state index < -0.39 is 4.92 Å². The Morgan fingerprint density at radius 1 is 1.47 bits per heavy atom. The second-order valence-corrected chi connectivity index (χ2v) is 5.93. The van der Waals surface area contributed by atoms with E-state index in [1.165, 1.54) is 6.07 Å². The fourth-order valence-electron chi connectivity index (χ4n) is 1.07. The van der Waals surface area contributed by atoms with E-state index in [1.54, 1.807) is 12.1 Å². The zero-order valence-electron chi connectivity index (χ0n) is 9.57. The molecule has 0 aliphatic heterocycles. The van der Waals surface area contributed by atoms with Crippen LogP contribution in [0.3, 0.4) is 0 Å². The molecule has 0 fully saturated rings. The molecule has 1 rings (SSSR count). The maximum absolute atomic E-state index is 10.9. The minimum atomic E-state index is -0.443. The highest BCUT2D eigenvalue weighted by Crippen LogP contribution is 2.31. The van der Waals surface area contributed by atoms with Crippen LogP contribution in [0.1, 0.15) is 13.8 Å². The van der Waals surface area contributed by atoms with E-state index in [1.807, 2.05) is 13.8 Å². The van der Waals surface area contributed by atoms with E-state index in [2.05, 4.69) is 31.9 Å². The third kappa shape index (κ3) is 4.27. The predicted molar refractivity (Wildman–Crippen MR) is 73.9 cm³/mol. The molecule has 0 spiro atoms. The Hall–Kier alpha value is -0.620. The molecule has 1 aromatic rings. The fourth-order valence-corrected chi connectivity index (χ4v) is 1.58. The van der Waals surface area contributed by atoms with Crippen LogP contribution in [0.5, 0.6) is 5.75 Å². The van der Waals surface area contributed by atoms with E-state index in [4.69, 9.17) is 4.74 Å². The third-order valence-corrected chi connectivity index (χ3v) is 4.11. The zero-order chi connectivity index (χ0) is 13.1. The van der Waals surface area contributed by atoms with Crippen molar-refractivity contribution in [2.45, 2.75) is 13.8 Å². The quantitative estimate of drug-likeness (QED) is 0.446. The van der Waals surface area contributed by atoms with Gasteiger partial charge in [0.1, 0.15) is 0 Å². The highest BCUT2D eigenvalue weighted by molar-refractivity contribution is 9.10. The zero-order valence-corrected chi connectivity index (χ0v) is 12.7. The summed E-state index contributed by atoms with van der Waals surface area (Å²) in [5.41, 5.74) is -0.0919. The fraction of sp³-hybridized carbons (Fsp3) is 0.455. The van der Waals surface area contributed by atoms with Crippen LogP contribution in [-0.2, 0) is 0 Å². The van der Waals surface area contributed by atoms with Gasteiger partial charge in [-0.1, -0.05) is 45.7 Å². The molecule has 0 aromatic heterocycles. The molecule has 0 saturated heterocycles. The second-order valence-electron chi connectivity index (χ2n) is 4.46. The number of nitro groups is 1.